The van der Waals surface area contributed by atoms with Crippen LogP contribution in [-0.2, 0) is 6.54 Å². The minimum absolute atomic E-state index is 0.329. The molecule has 0 amide bonds. The van der Waals surface area contributed by atoms with Crippen LogP contribution in [0, 0.1) is 0 Å². The molecule has 0 saturated carbocycles. The molecular weight excluding hydrogens is 412 g/mol. The molecule has 1 aromatic heterocycles. The van der Waals surface area contributed by atoms with E-state index in [4.69, 9.17) is 28.3 Å². The smallest absolute Gasteiger partial charge is 0.246 e. The summed E-state index contributed by atoms with van der Waals surface area (Å²) in [7, 11) is 0. The Hall–Kier alpha value is -1.96. The maximum Gasteiger partial charge on any atom is 0.246 e. The lowest BCUT2D eigenvalue weighted by Gasteiger charge is -2.09. The molecule has 0 saturated heterocycles. The topological polar surface area (TPSA) is 63.0 Å². The summed E-state index contributed by atoms with van der Waals surface area (Å²) in [6.45, 7) is 0.329. The summed E-state index contributed by atoms with van der Waals surface area (Å²) in [5.41, 5.74) is 1.69. The number of benzene rings is 2. The zero-order valence-electron chi connectivity index (χ0n) is 12.3. The van der Waals surface area contributed by atoms with Crippen LogP contribution in [0.4, 0.5) is 5.69 Å². The average molecular weight is 424 g/mol. The lowest BCUT2D eigenvalue weighted by atomic mass is 10.2. The predicted octanol–water partition coefficient (Wildman–Crippen LogP) is 4.64. The molecule has 0 atom stereocenters. The van der Waals surface area contributed by atoms with E-state index in [0.717, 1.165) is 15.7 Å². The highest BCUT2D eigenvalue weighted by Crippen LogP contribution is 2.25. The van der Waals surface area contributed by atoms with Gasteiger partial charge in [-0.05, 0) is 46.3 Å². The Morgan fingerprint density at radius 3 is 2.75 bits per heavy atom. The highest BCUT2D eigenvalue weighted by Gasteiger charge is 2.08. The third-order valence-corrected chi connectivity index (χ3v) is 4.56. The van der Waals surface area contributed by atoms with E-state index in [2.05, 4.69) is 36.7 Å². The third-order valence-electron chi connectivity index (χ3n) is 3.08. The van der Waals surface area contributed by atoms with Gasteiger partial charge < -0.3 is 15.2 Å². The van der Waals surface area contributed by atoms with Crippen molar-refractivity contribution in [3.05, 3.63) is 63.9 Å². The SMILES string of the molecule is S=C(NCc1nc(-c2ccccc2)no1)Nc1ccc(Br)c(Cl)c1. The van der Waals surface area contributed by atoms with Gasteiger partial charge in [0.05, 0.1) is 11.6 Å². The van der Waals surface area contributed by atoms with Crippen molar-refractivity contribution in [3.8, 4) is 11.4 Å². The van der Waals surface area contributed by atoms with E-state index in [1.807, 2.05) is 42.5 Å². The molecule has 0 fully saturated rings. The highest BCUT2D eigenvalue weighted by atomic mass is 79.9. The van der Waals surface area contributed by atoms with Crippen LogP contribution in [0.1, 0.15) is 5.89 Å². The fourth-order valence-corrected chi connectivity index (χ4v) is 2.55. The van der Waals surface area contributed by atoms with E-state index in [0.29, 0.717) is 28.4 Å². The van der Waals surface area contributed by atoms with Gasteiger partial charge in [-0.25, -0.2) is 0 Å². The first-order valence-electron chi connectivity index (χ1n) is 7.00. The minimum atomic E-state index is 0.329. The Balaban J connectivity index is 1.56. The summed E-state index contributed by atoms with van der Waals surface area (Å²) in [4.78, 5) is 4.33. The van der Waals surface area contributed by atoms with Crippen molar-refractivity contribution in [3.63, 3.8) is 0 Å². The summed E-state index contributed by atoms with van der Waals surface area (Å²) in [5, 5.41) is 11.1. The molecule has 3 aromatic rings. The van der Waals surface area contributed by atoms with Crippen molar-refractivity contribution in [1.82, 2.24) is 15.5 Å². The molecule has 0 aliphatic heterocycles. The van der Waals surface area contributed by atoms with E-state index in [9.17, 15) is 0 Å². The molecule has 8 heteroatoms. The van der Waals surface area contributed by atoms with E-state index in [-0.39, 0.29) is 0 Å². The Morgan fingerprint density at radius 2 is 2.00 bits per heavy atom. The van der Waals surface area contributed by atoms with E-state index < -0.39 is 0 Å². The van der Waals surface area contributed by atoms with Crippen molar-refractivity contribution in [2.24, 2.45) is 0 Å². The van der Waals surface area contributed by atoms with E-state index >= 15 is 0 Å². The van der Waals surface area contributed by atoms with Crippen molar-refractivity contribution >= 4 is 50.5 Å². The molecular formula is C16H12BrClN4OS. The van der Waals surface area contributed by atoms with Crippen LogP contribution in [0.3, 0.4) is 0 Å². The second kappa shape index (κ2) is 7.74. The van der Waals surface area contributed by atoms with Crippen LogP contribution in [0.25, 0.3) is 11.4 Å². The zero-order valence-corrected chi connectivity index (χ0v) is 15.5. The van der Waals surface area contributed by atoms with Gasteiger partial charge in [-0.15, -0.1) is 0 Å². The summed E-state index contributed by atoms with van der Waals surface area (Å²) < 4.78 is 6.04. The Morgan fingerprint density at radius 1 is 1.21 bits per heavy atom. The molecule has 0 unspecified atom stereocenters. The number of halogens is 2. The van der Waals surface area contributed by atoms with Gasteiger partial charge >= 0.3 is 0 Å². The molecule has 0 radical (unpaired) electrons. The average Bonchev–Trinajstić information content (AvgIpc) is 3.06. The van der Waals surface area contributed by atoms with Crippen molar-refractivity contribution in [1.29, 1.82) is 0 Å². The second-order valence-corrected chi connectivity index (χ2v) is 6.48. The van der Waals surface area contributed by atoms with Gasteiger partial charge in [0.15, 0.2) is 5.11 Å². The van der Waals surface area contributed by atoms with Gasteiger partial charge in [0.1, 0.15) is 0 Å². The van der Waals surface area contributed by atoms with Gasteiger partial charge in [0.25, 0.3) is 0 Å². The van der Waals surface area contributed by atoms with Gasteiger partial charge in [0, 0.05) is 15.7 Å². The highest BCUT2D eigenvalue weighted by molar-refractivity contribution is 9.10. The molecule has 0 aliphatic rings. The van der Waals surface area contributed by atoms with Crippen molar-refractivity contribution in [2.45, 2.75) is 6.54 Å². The van der Waals surface area contributed by atoms with Crippen LogP contribution in [0.5, 0.6) is 0 Å². The fraction of sp³-hybridized carbons (Fsp3) is 0.0625. The first-order chi connectivity index (χ1) is 11.6. The number of anilines is 1. The predicted molar refractivity (Wildman–Crippen MR) is 102 cm³/mol. The van der Waals surface area contributed by atoms with Crippen LogP contribution in [0.15, 0.2) is 57.5 Å². The quantitative estimate of drug-likeness (QED) is 0.596. The fourth-order valence-electron chi connectivity index (χ4n) is 1.94. The maximum absolute atomic E-state index is 6.05. The van der Waals surface area contributed by atoms with Crippen molar-refractivity contribution < 1.29 is 4.52 Å². The molecule has 122 valence electrons. The third kappa shape index (κ3) is 4.31. The molecule has 24 heavy (non-hydrogen) atoms. The van der Waals surface area contributed by atoms with Gasteiger partial charge in [0.2, 0.25) is 11.7 Å². The van der Waals surface area contributed by atoms with Gasteiger partial charge in [-0.1, -0.05) is 47.1 Å². The lowest BCUT2D eigenvalue weighted by molar-refractivity contribution is 0.376. The standard InChI is InChI=1S/C16H12BrClN4OS/c17-12-7-6-11(8-13(12)18)20-16(24)19-9-14-21-15(22-23-14)10-4-2-1-3-5-10/h1-8H,9H2,(H2,19,20,24). The number of nitrogens with zero attached hydrogens (tertiary/aromatic N) is 2. The number of nitrogens with one attached hydrogen (secondary N) is 2. The minimum Gasteiger partial charge on any atom is -0.353 e. The zero-order chi connectivity index (χ0) is 16.9. The van der Waals surface area contributed by atoms with Gasteiger partial charge in [-0.3, -0.25) is 0 Å². The van der Waals surface area contributed by atoms with Gasteiger partial charge in [-0.2, -0.15) is 4.98 Å². The molecule has 0 spiro atoms. The van der Waals surface area contributed by atoms with Crippen molar-refractivity contribution in [2.75, 3.05) is 5.32 Å². The summed E-state index contributed by atoms with van der Waals surface area (Å²) in [6.07, 6.45) is 0. The summed E-state index contributed by atoms with van der Waals surface area (Å²) in [5.74, 6) is 0.998. The maximum atomic E-state index is 6.05. The second-order valence-electron chi connectivity index (χ2n) is 4.81. The Bertz CT molecular complexity index is 856. The number of rotatable bonds is 4. The Labute approximate surface area is 157 Å². The van der Waals surface area contributed by atoms with Crippen LogP contribution in [0.2, 0.25) is 5.02 Å². The van der Waals surface area contributed by atoms with Crippen LogP contribution in [-0.4, -0.2) is 15.3 Å². The number of hydrogen-bond acceptors (Lipinski definition) is 4. The molecule has 1 heterocycles. The molecule has 0 aliphatic carbocycles. The van der Waals surface area contributed by atoms with E-state index in [1.54, 1.807) is 6.07 Å². The lowest BCUT2D eigenvalue weighted by Crippen LogP contribution is -2.28. The molecule has 0 bridgehead atoms. The largest absolute Gasteiger partial charge is 0.353 e. The molecule has 3 rings (SSSR count). The number of hydrogen-bond donors (Lipinski definition) is 2. The molecule has 5 nitrogen and oxygen atoms in total. The van der Waals surface area contributed by atoms with Crippen LogP contribution >= 0.6 is 39.7 Å². The van der Waals surface area contributed by atoms with Crippen LogP contribution < -0.4 is 10.6 Å². The first-order valence-corrected chi connectivity index (χ1v) is 8.57. The molecule has 2 aromatic carbocycles. The van der Waals surface area contributed by atoms with E-state index in [1.165, 1.54) is 0 Å². The number of thiocarbonyl (C=S) groups is 1. The summed E-state index contributed by atoms with van der Waals surface area (Å²) in [6, 6.07) is 15.1. The first kappa shape index (κ1) is 16.9. The summed E-state index contributed by atoms with van der Waals surface area (Å²) >= 11 is 14.6. The molecule has 2 N–H and O–H groups in total. The monoisotopic (exact) mass is 422 g/mol. The Kier molecular flexibility index (Phi) is 5.44. The normalized spacial score (nSPS) is 10.4. The number of aromatic nitrogens is 2.